The molecule has 2 N–H and O–H groups in total. The average molecular weight is 1870 g/mol. The minimum atomic E-state index is -3.49. The number of sulfonamides is 1. The van der Waals surface area contributed by atoms with Gasteiger partial charge in [-0.25, -0.2) is 56.5 Å². The Morgan fingerprint density at radius 3 is 1.47 bits per heavy atom. The summed E-state index contributed by atoms with van der Waals surface area (Å²) in [4.78, 5) is 48.0. The van der Waals surface area contributed by atoms with Crippen LogP contribution in [0.5, 0.6) is 35.0 Å². The molecule has 0 unspecified atom stereocenters. The van der Waals surface area contributed by atoms with Gasteiger partial charge in [-0.3, -0.25) is 34.9 Å². The number of hydrogen-bond acceptors (Lipinski definition) is 23. The van der Waals surface area contributed by atoms with Crippen molar-refractivity contribution in [1.82, 2.24) is 122 Å². The molecular weight excluding hydrogens is 1800 g/mol. The van der Waals surface area contributed by atoms with Crippen LogP contribution in [0.15, 0.2) is 286 Å². The van der Waals surface area contributed by atoms with E-state index in [1.807, 2.05) is 236 Å². The number of nitrogens with one attached hydrogen (secondary N) is 2. The Balaban J connectivity index is 0.000000148. The molecule has 17 heterocycles. The van der Waals surface area contributed by atoms with Crippen LogP contribution in [0.2, 0.25) is 0 Å². The minimum absolute atomic E-state index is 0. The van der Waals surface area contributed by atoms with Crippen molar-refractivity contribution in [1.29, 1.82) is 0 Å². The maximum atomic E-state index is 12.7. The second-order valence-corrected chi connectivity index (χ2v) is 28.8. The normalized spacial score (nSPS) is 10.7. The van der Waals surface area contributed by atoms with E-state index in [1.165, 1.54) is 30.2 Å². The largest absolute Gasteiger partial charge is 3.00 e. The number of ether oxygens (including phenoxy) is 1. The van der Waals surface area contributed by atoms with Gasteiger partial charge in [0.2, 0.25) is 10.0 Å². The maximum Gasteiger partial charge on any atom is 3.00 e. The zero-order valence-corrected chi connectivity index (χ0v) is 78.4. The molecule has 0 aliphatic carbocycles. The molecule has 0 bridgehead atoms. The molecule has 0 aliphatic heterocycles. The Morgan fingerprint density at radius 2 is 0.929 bits per heavy atom. The molecule has 596 valence electrons. The van der Waals surface area contributed by atoms with E-state index in [0.29, 0.717) is 102 Å². The van der Waals surface area contributed by atoms with Crippen molar-refractivity contribution in [3.8, 4) is 114 Å². The Morgan fingerprint density at radius 1 is 0.449 bits per heavy atom. The molecule has 40 heteroatoms. The molecule has 22 aromatic rings. The Hall–Kier alpha value is -13.5. The van der Waals surface area contributed by atoms with Gasteiger partial charge >= 0.3 is 109 Å². The van der Waals surface area contributed by atoms with Crippen LogP contribution < -0.4 is 39.9 Å². The van der Waals surface area contributed by atoms with Gasteiger partial charge in [-0.05, 0) is 153 Å². The van der Waals surface area contributed by atoms with Crippen molar-refractivity contribution in [2.24, 2.45) is 0 Å². The number of aromatic amines is 1. The summed E-state index contributed by atoms with van der Waals surface area (Å²) < 4.78 is 40.3. The molecule has 22 rings (SSSR count). The van der Waals surface area contributed by atoms with Crippen LogP contribution in [0.25, 0.3) is 136 Å². The standard InChI is InChI=1S/C18H12N5O.C17H14N4O3S.C17H12N4O.C13H12N4O.C12H10N4O.C10H8N5.4Al.2Ga/c1-3-7-12(8-4-1)16-21-22-18-20-15-14(11-19-17(15)23(16)18)24-13-9-5-2-6-10-13;1-25(23,24)20-13-9-5-8-12-16(13)18-15-10-14(19-21(15)17(12)22)11-6-3-2-4-7-11;22-17-11-15(13-8-4-5-9-18-13)19-16-10-14(20-21(16)17)12-6-2-1-3-7-12;1-8-7-11-15-12(10-5-3-4-6-14-10)9(2)13(18)17(11)16-8;1-8-6-11-14-10(7-12(17)16(11)15-8)9-4-2-3-5-13-9;1-7-13-14-10-12-9(6-15(7)10)8-4-2-3-5-11-8;;;;;;/h1-11H,(H,20,22);2-10,20,22H,1H3;1-11,22H;3-7,18H,1-2H3;2-7,17H,1H3;2-6H,1H3;;;;;;/q-1;;;;;-1;6*+3/p-4. The van der Waals surface area contributed by atoms with Gasteiger partial charge in [0.15, 0.2) is 22.6 Å². The molecular formula is C87H64Al4Ga2N26O7S+12. The van der Waals surface area contributed by atoms with Gasteiger partial charge in [-0.15, -0.1) is 0 Å². The molecule has 0 amide bonds. The quantitative estimate of drug-likeness (QED) is 0.114. The fraction of sp³-hybridized carbons (Fsp3) is 0.0575. The number of aromatic nitrogens is 25. The molecule has 0 fully saturated rings. The number of nitrogens with zero attached hydrogens (tertiary/aromatic N) is 24. The molecule has 0 saturated heterocycles. The summed E-state index contributed by atoms with van der Waals surface area (Å²) in [7, 11) is -3.49. The van der Waals surface area contributed by atoms with Crippen molar-refractivity contribution in [2.45, 2.75) is 27.7 Å². The zero-order chi connectivity index (χ0) is 83.3. The van der Waals surface area contributed by atoms with Gasteiger partial charge in [-0.2, -0.15) is 25.5 Å². The van der Waals surface area contributed by atoms with Crippen LogP contribution in [0.1, 0.15) is 22.8 Å². The number of hydrogen-bond donors (Lipinski definition) is 2. The fourth-order valence-corrected chi connectivity index (χ4v) is 13.5. The van der Waals surface area contributed by atoms with E-state index in [9.17, 15) is 28.8 Å². The summed E-state index contributed by atoms with van der Waals surface area (Å²) in [5.74, 6) is 3.36. The number of anilines is 1. The van der Waals surface area contributed by atoms with Gasteiger partial charge in [-0.1, -0.05) is 146 Å². The summed E-state index contributed by atoms with van der Waals surface area (Å²) in [5, 5.41) is 81.3. The first kappa shape index (κ1) is 94.2. The van der Waals surface area contributed by atoms with Gasteiger partial charge in [0.1, 0.15) is 22.8 Å². The Labute approximate surface area is 792 Å². The number of benzene rings is 5. The first-order chi connectivity index (χ1) is 58.9. The van der Waals surface area contributed by atoms with Crippen LogP contribution in [0, 0.1) is 27.7 Å². The van der Waals surface area contributed by atoms with Crippen molar-refractivity contribution >= 4 is 181 Å². The summed E-state index contributed by atoms with van der Waals surface area (Å²) in [6.45, 7) is 7.30. The maximum absolute atomic E-state index is 12.7. The Kier molecular flexibility index (Phi) is 30.8. The predicted octanol–water partition coefficient (Wildman–Crippen LogP) is 9.58. The monoisotopic (exact) mass is 1860 g/mol. The van der Waals surface area contributed by atoms with E-state index in [0.717, 1.165) is 74.5 Å². The molecule has 5 aromatic carbocycles. The third-order valence-corrected chi connectivity index (χ3v) is 19.1. The summed E-state index contributed by atoms with van der Waals surface area (Å²) in [6, 6.07) is 75.8. The summed E-state index contributed by atoms with van der Waals surface area (Å²) >= 11 is 0. The van der Waals surface area contributed by atoms with Gasteiger partial charge in [0, 0.05) is 82.9 Å². The predicted molar refractivity (Wildman–Crippen MR) is 479 cm³/mol. The molecule has 17 aromatic heterocycles. The van der Waals surface area contributed by atoms with E-state index < -0.39 is 10.0 Å². The zero-order valence-electron chi connectivity index (χ0n) is 68.1. The minimum Gasteiger partial charge on any atom is -0.858 e. The van der Waals surface area contributed by atoms with E-state index in [2.05, 4.69) is 100 Å². The van der Waals surface area contributed by atoms with Crippen LogP contribution in [-0.2, 0) is 10.0 Å². The molecule has 127 heavy (non-hydrogen) atoms. The van der Waals surface area contributed by atoms with Crippen molar-refractivity contribution in [2.75, 3.05) is 11.0 Å². The smallest absolute Gasteiger partial charge is 0.858 e. The fourth-order valence-electron chi connectivity index (χ4n) is 12.9. The van der Waals surface area contributed by atoms with Gasteiger partial charge < -0.3 is 43.9 Å². The SMILES string of the molecule is CS(=O)(=O)Nc1cccc2c([O-])n3nc(-c4ccccc4)cc3nc12.Cc1cc2nc(-c3ccccn3)c(C)c([O-])n2n1.Cc1cc2nc(-c3ccccn3)cc([O-])n2n1.Cc1nnc2[n-]c(-c3ccccn3)cn12.[Al+3].[Al+3].[Al+3].[Al+3].[Ga+3].[Ga+3].[O-]c1cc(-c2ccccn2)nc2cc(-c3ccccc3)nn12.c1ccc(Oc2c[n-]c3c2nc2[nH]nc(-c4ccccc4)n23)cc1. The van der Waals surface area contributed by atoms with Gasteiger partial charge in [0.05, 0.1) is 91.7 Å². The second kappa shape index (κ2) is 41.5. The number of H-pyrrole nitrogens is 1. The number of rotatable bonds is 11. The van der Waals surface area contributed by atoms with E-state index >= 15 is 0 Å². The van der Waals surface area contributed by atoms with Crippen LogP contribution in [0.4, 0.5) is 5.69 Å². The molecule has 0 saturated carbocycles. The average Bonchev–Trinajstić information content (AvgIpc) is 1.60. The number of pyridine rings is 4. The van der Waals surface area contributed by atoms with Gasteiger partial charge in [0.25, 0.3) is 0 Å². The number of fused-ring (bicyclic) bond motifs is 9. The van der Waals surface area contributed by atoms with Crippen molar-refractivity contribution < 1.29 is 33.6 Å². The summed E-state index contributed by atoms with van der Waals surface area (Å²) in [5.41, 5.74) is 15.7. The molecule has 0 atom stereocenters. The van der Waals surface area contributed by atoms with Crippen molar-refractivity contribution in [3.05, 3.63) is 309 Å². The summed E-state index contributed by atoms with van der Waals surface area (Å²) in [6.07, 6.45) is 11.4. The third kappa shape index (κ3) is 20.9. The van der Waals surface area contributed by atoms with Crippen molar-refractivity contribution in [3.63, 3.8) is 0 Å². The van der Waals surface area contributed by atoms with E-state index in [4.69, 9.17) is 4.74 Å². The van der Waals surface area contributed by atoms with E-state index in [1.54, 1.807) is 74.3 Å². The topological polar surface area (TPSA) is 424 Å². The second-order valence-electron chi connectivity index (χ2n) is 27.1. The Bertz CT molecular complexity index is 7580. The molecule has 33 nitrogen and oxygen atoms in total. The number of imidazole rings is 2. The first-order valence-electron chi connectivity index (χ1n) is 37.3. The first-order valence-corrected chi connectivity index (χ1v) is 39.2. The third-order valence-electron chi connectivity index (χ3n) is 18.5. The number of para-hydroxylation sites is 2. The van der Waals surface area contributed by atoms with E-state index in [-0.39, 0.29) is 138 Å². The van der Waals surface area contributed by atoms with Crippen LogP contribution in [-0.4, -0.2) is 236 Å². The van der Waals surface area contributed by atoms with Crippen LogP contribution >= 0.6 is 0 Å². The molecule has 0 spiro atoms. The number of aryl methyl sites for hydroxylation is 3. The molecule has 0 radical (unpaired) electrons. The van der Waals surface area contributed by atoms with Crippen LogP contribution in [0.3, 0.4) is 0 Å². The molecule has 0 aliphatic rings.